The van der Waals surface area contributed by atoms with Crippen molar-refractivity contribution in [2.24, 2.45) is 50.2 Å². The summed E-state index contributed by atoms with van der Waals surface area (Å²) in [5.74, 6) is -1.39. The topological polar surface area (TPSA) is 77.5 Å². The van der Waals surface area contributed by atoms with Crippen LogP contribution in [0.3, 0.4) is 0 Å². The van der Waals surface area contributed by atoms with Gasteiger partial charge in [0.1, 0.15) is 0 Å². The molecule has 5 aliphatic rings. The molecule has 0 unspecified atom stereocenters. The highest BCUT2D eigenvalue weighted by Crippen LogP contribution is 2.75. The number of Topliss-reactive ketones (excluding diaryl/α,β-unsaturated/α-hetero) is 2. The normalized spacial score (nSPS) is 46.2. The predicted octanol–water partition coefficient (Wildman–Crippen LogP) is 6.05. The average molecular weight is 509 g/mol. The first-order valence-corrected chi connectivity index (χ1v) is 14.1. The largest absolute Gasteiger partial charge is 0.469 e. The van der Waals surface area contributed by atoms with Crippen LogP contribution in [0.2, 0.25) is 0 Å². The molecule has 202 valence electrons. The number of methoxy groups -OCH3 is 1. The van der Waals surface area contributed by atoms with E-state index in [0.717, 1.165) is 44.1 Å². The monoisotopic (exact) mass is 508 g/mol. The van der Waals surface area contributed by atoms with Gasteiger partial charge in [0.25, 0.3) is 0 Å². The summed E-state index contributed by atoms with van der Waals surface area (Å²) in [6, 6.07) is 0. The third kappa shape index (κ3) is 2.98. The fourth-order valence-electron chi connectivity index (χ4n) is 10.2. The van der Waals surface area contributed by atoms with Crippen LogP contribution in [0.15, 0.2) is 23.8 Å². The van der Waals surface area contributed by atoms with Gasteiger partial charge in [0.05, 0.1) is 12.5 Å². The number of ketones is 3. The molecule has 0 aromatic heterocycles. The van der Waals surface area contributed by atoms with E-state index in [1.54, 1.807) is 0 Å². The van der Waals surface area contributed by atoms with E-state index >= 15 is 0 Å². The zero-order valence-electron chi connectivity index (χ0n) is 24.0. The molecule has 4 saturated carbocycles. The van der Waals surface area contributed by atoms with E-state index in [1.165, 1.54) is 7.11 Å². The van der Waals surface area contributed by atoms with Crippen molar-refractivity contribution in [2.75, 3.05) is 7.11 Å². The van der Waals surface area contributed by atoms with Crippen molar-refractivity contribution >= 4 is 23.3 Å². The molecule has 4 fully saturated rings. The third-order valence-electron chi connectivity index (χ3n) is 12.7. The van der Waals surface area contributed by atoms with Crippen LogP contribution in [0.4, 0.5) is 0 Å². The van der Waals surface area contributed by atoms with Crippen LogP contribution in [-0.2, 0) is 23.9 Å². The molecule has 37 heavy (non-hydrogen) atoms. The van der Waals surface area contributed by atoms with Crippen molar-refractivity contribution in [1.29, 1.82) is 0 Å². The SMILES string of the molecule is C=C1C(=O)C(=O)C(C)(C)[C@@H]2CC[C@]3(C)C(=CC(=O)[C@@H]4[C@@H]5CC(C)(C)CC[C@]5(C(=O)OC)CC[C@]43C)[C@@]12C. The zero-order valence-corrected chi connectivity index (χ0v) is 24.0. The number of carbonyl (C=O) groups excluding carboxylic acids is 4. The summed E-state index contributed by atoms with van der Waals surface area (Å²) in [5, 5.41) is 0. The smallest absolute Gasteiger partial charge is 0.312 e. The molecule has 0 radical (unpaired) electrons. The number of hydrogen-bond donors (Lipinski definition) is 0. The van der Waals surface area contributed by atoms with Gasteiger partial charge in [-0.3, -0.25) is 19.2 Å². The number of esters is 1. The Morgan fingerprint density at radius 1 is 0.946 bits per heavy atom. The highest BCUT2D eigenvalue weighted by atomic mass is 16.5. The number of rotatable bonds is 1. The van der Waals surface area contributed by atoms with Gasteiger partial charge in [0.15, 0.2) is 5.78 Å². The second kappa shape index (κ2) is 7.54. The second-order valence-electron chi connectivity index (χ2n) is 15.0. The van der Waals surface area contributed by atoms with Gasteiger partial charge in [-0.1, -0.05) is 55.0 Å². The van der Waals surface area contributed by atoms with E-state index in [0.29, 0.717) is 12.0 Å². The lowest BCUT2D eigenvalue weighted by molar-refractivity contribution is -0.191. The van der Waals surface area contributed by atoms with Gasteiger partial charge in [-0.15, -0.1) is 0 Å². The maximum Gasteiger partial charge on any atom is 0.312 e. The number of hydrogen-bond acceptors (Lipinski definition) is 5. The number of fused-ring (bicyclic) bond motifs is 7. The first-order chi connectivity index (χ1) is 16.9. The minimum Gasteiger partial charge on any atom is -0.469 e. The Kier molecular flexibility index (Phi) is 5.41. The van der Waals surface area contributed by atoms with Crippen LogP contribution in [0.1, 0.15) is 93.4 Å². The number of carbonyl (C=O) groups is 4. The summed E-state index contributed by atoms with van der Waals surface area (Å²) in [4.78, 5) is 54.0. The fourth-order valence-corrected chi connectivity index (χ4v) is 10.2. The van der Waals surface area contributed by atoms with Crippen molar-refractivity contribution < 1.29 is 23.9 Å². The molecule has 0 saturated heterocycles. The van der Waals surface area contributed by atoms with Crippen molar-refractivity contribution in [3.63, 3.8) is 0 Å². The minimum atomic E-state index is -0.810. The molecule has 0 N–H and O–H groups in total. The Hall–Kier alpha value is -2.04. The first-order valence-electron chi connectivity index (χ1n) is 14.1. The van der Waals surface area contributed by atoms with E-state index in [9.17, 15) is 19.2 Å². The summed E-state index contributed by atoms with van der Waals surface area (Å²) in [5.41, 5.74) is -1.52. The summed E-state index contributed by atoms with van der Waals surface area (Å²) in [7, 11) is 1.47. The third-order valence-corrected chi connectivity index (χ3v) is 12.7. The van der Waals surface area contributed by atoms with Gasteiger partial charge in [0.2, 0.25) is 11.6 Å². The van der Waals surface area contributed by atoms with Gasteiger partial charge >= 0.3 is 5.97 Å². The first kappa shape index (κ1) is 26.6. The molecule has 0 aliphatic heterocycles. The fraction of sp³-hybridized carbons (Fsp3) is 0.750. The Morgan fingerprint density at radius 2 is 1.57 bits per heavy atom. The van der Waals surface area contributed by atoms with Crippen molar-refractivity contribution in [1.82, 2.24) is 0 Å². The molecular formula is C32H44O5. The quantitative estimate of drug-likeness (QED) is 0.245. The predicted molar refractivity (Wildman–Crippen MR) is 141 cm³/mol. The Morgan fingerprint density at radius 3 is 2.19 bits per heavy atom. The molecular weight excluding hydrogens is 464 g/mol. The lowest BCUT2D eigenvalue weighted by Crippen LogP contribution is -2.67. The highest BCUT2D eigenvalue weighted by molar-refractivity contribution is 6.46. The van der Waals surface area contributed by atoms with Gasteiger partial charge in [-0.05, 0) is 84.7 Å². The van der Waals surface area contributed by atoms with Crippen LogP contribution >= 0.6 is 0 Å². The van der Waals surface area contributed by atoms with Crippen LogP contribution in [0, 0.1) is 50.2 Å². The van der Waals surface area contributed by atoms with Crippen molar-refractivity contribution in [2.45, 2.75) is 93.4 Å². The molecule has 0 bridgehead atoms. The maximum atomic E-state index is 14.4. The zero-order chi connectivity index (χ0) is 27.6. The molecule has 5 aliphatic carbocycles. The number of ether oxygens (including phenoxy) is 1. The minimum absolute atomic E-state index is 0.0454. The van der Waals surface area contributed by atoms with Crippen LogP contribution < -0.4 is 0 Å². The van der Waals surface area contributed by atoms with Crippen LogP contribution in [-0.4, -0.2) is 30.4 Å². The molecule has 0 amide bonds. The molecule has 0 heterocycles. The summed E-state index contributed by atoms with van der Waals surface area (Å²) in [6.07, 6.45) is 7.46. The highest BCUT2D eigenvalue weighted by Gasteiger charge is 2.72. The van der Waals surface area contributed by atoms with Gasteiger partial charge < -0.3 is 4.74 Å². The molecule has 0 aromatic carbocycles. The van der Waals surface area contributed by atoms with Crippen LogP contribution in [0.5, 0.6) is 0 Å². The van der Waals surface area contributed by atoms with E-state index in [4.69, 9.17) is 4.74 Å². The number of allylic oxidation sites excluding steroid dienone is 3. The molecule has 0 spiro atoms. The lowest BCUT2D eigenvalue weighted by atomic mass is 9.33. The van der Waals surface area contributed by atoms with Crippen LogP contribution in [0.25, 0.3) is 0 Å². The molecule has 5 rings (SSSR count). The average Bonchev–Trinajstić information content (AvgIpc) is 2.82. The van der Waals surface area contributed by atoms with Gasteiger partial charge in [0, 0.05) is 22.3 Å². The molecule has 0 aromatic rings. The van der Waals surface area contributed by atoms with E-state index in [2.05, 4.69) is 41.2 Å². The molecule has 5 heteroatoms. The second-order valence-corrected chi connectivity index (χ2v) is 15.0. The van der Waals surface area contributed by atoms with E-state index in [-0.39, 0.29) is 51.5 Å². The maximum absolute atomic E-state index is 14.4. The summed E-state index contributed by atoms with van der Waals surface area (Å²) < 4.78 is 5.40. The standard InChI is InChI=1S/C32H44O5/c1-18-24(34)25(35)28(4,5)21-10-11-29(6)22(31(18,21)8)16-20(33)23-19-17-27(2,3)12-14-32(19,26(36)37-9)15-13-30(23,29)7/h16,19,21,23H,1,10-15,17H2,2-9H3/t19-,21-,23-,29+,30+,31-,32-/m0/s1. The van der Waals surface area contributed by atoms with Gasteiger partial charge in [-0.2, -0.15) is 0 Å². The Balaban J connectivity index is 1.70. The van der Waals surface area contributed by atoms with Crippen molar-refractivity contribution in [3.05, 3.63) is 23.8 Å². The van der Waals surface area contributed by atoms with Crippen molar-refractivity contribution in [3.8, 4) is 0 Å². The molecule has 7 atom stereocenters. The molecule has 5 nitrogen and oxygen atoms in total. The Labute approximate surface area is 221 Å². The lowest BCUT2D eigenvalue weighted by Gasteiger charge is -2.69. The summed E-state index contributed by atoms with van der Waals surface area (Å²) in [6.45, 7) is 19.1. The summed E-state index contributed by atoms with van der Waals surface area (Å²) >= 11 is 0. The van der Waals surface area contributed by atoms with E-state index < -0.39 is 22.0 Å². The van der Waals surface area contributed by atoms with E-state index in [1.807, 2.05) is 19.9 Å². The van der Waals surface area contributed by atoms with Gasteiger partial charge in [-0.25, -0.2) is 0 Å². The Bertz CT molecular complexity index is 1170.